The molecule has 0 bridgehead atoms. The van der Waals surface area contributed by atoms with Crippen molar-refractivity contribution in [1.82, 2.24) is 25.6 Å². The van der Waals surface area contributed by atoms with Crippen molar-refractivity contribution in [3.63, 3.8) is 0 Å². The summed E-state index contributed by atoms with van der Waals surface area (Å²) in [6, 6.07) is -0.267. The maximum absolute atomic E-state index is 11.7. The van der Waals surface area contributed by atoms with Crippen molar-refractivity contribution in [3.8, 4) is 0 Å². The Labute approximate surface area is 111 Å². The molecule has 7 heteroatoms. The van der Waals surface area contributed by atoms with Gasteiger partial charge >= 0.3 is 6.03 Å². The number of carbonyl (C=O) groups is 2. The number of hydrogen-bond acceptors (Lipinski definition) is 4. The van der Waals surface area contributed by atoms with E-state index < -0.39 is 11.9 Å². The number of carbonyl (C=O) groups excluding carboxylic acids is 2. The van der Waals surface area contributed by atoms with E-state index in [-0.39, 0.29) is 12.6 Å². The van der Waals surface area contributed by atoms with E-state index >= 15 is 0 Å². The molecule has 2 N–H and O–H groups in total. The van der Waals surface area contributed by atoms with Crippen LogP contribution in [0.15, 0.2) is 12.4 Å². The van der Waals surface area contributed by atoms with Crippen molar-refractivity contribution in [2.24, 2.45) is 5.92 Å². The molecule has 0 spiro atoms. The average molecular weight is 265 g/mol. The molecule has 19 heavy (non-hydrogen) atoms. The summed E-state index contributed by atoms with van der Waals surface area (Å²) in [5.41, 5.74) is 0. The van der Waals surface area contributed by atoms with Crippen LogP contribution >= 0.6 is 0 Å². The zero-order chi connectivity index (χ0) is 13.7. The second kappa shape index (κ2) is 6.31. The number of urea groups is 1. The molecule has 0 aromatic carbocycles. The quantitative estimate of drug-likeness (QED) is 0.841. The van der Waals surface area contributed by atoms with E-state index in [1.165, 1.54) is 17.3 Å². The molecule has 0 aliphatic heterocycles. The number of aromatic nitrogens is 3. The molecular formula is C12H19N5O2. The van der Waals surface area contributed by atoms with Crippen LogP contribution in [-0.2, 0) is 11.3 Å². The van der Waals surface area contributed by atoms with Crippen molar-refractivity contribution >= 4 is 11.9 Å². The zero-order valence-corrected chi connectivity index (χ0v) is 11.0. The second-order valence-electron chi connectivity index (χ2n) is 4.99. The average Bonchev–Trinajstić information content (AvgIpc) is 2.84. The number of amides is 3. The molecule has 0 unspecified atom stereocenters. The molecule has 2 atom stereocenters. The van der Waals surface area contributed by atoms with E-state index in [1.54, 1.807) is 6.20 Å². The van der Waals surface area contributed by atoms with Crippen LogP contribution in [0.1, 0.15) is 32.6 Å². The van der Waals surface area contributed by atoms with Crippen molar-refractivity contribution < 1.29 is 9.59 Å². The Bertz CT molecular complexity index is 431. The highest BCUT2D eigenvalue weighted by atomic mass is 16.2. The Morgan fingerprint density at radius 2 is 2.16 bits per heavy atom. The Hall–Kier alpha value is -1.92. The predicted octanol–water partition coefficient (Wildman–Crippen LogP) is 0.683. The van der Waals surface area contributed by atoms with Gasteiger partial charge < -0.3 is 5.32 Å². The minimum absolute atomic E-state index is 0.00631. The normalized spacial score (nSPS) is 22.8. The van der Waals surface area contributed by atoms with E-state index in [4.69, 9.17) is 0 Å². The van der Waals surface area contributed by atoms with Crippen molar-refractivity contribution in [2.45, 2.75) is 45.2 Å². The molecule has 1 heterocycles. The van der Waals surface area contributed by atoms with Crippen LogP contribution in [0.3, 0.4) is 0 Å². The Kier molecular flexibility index (Phi) is 4.48. The van der Waals surface area contributed by atoms with E-state index in [0.717, 1.165) is 19.3 Å². The number of rotatable bonds is 3. The fourth-order valence-electron chi connectivity index (χ4n) is 2.37. The summed E-state index contributed by atoms with van der Waals surface area (Å²) >= 11 is 0. The first-order valence-electron chi connectivity index (χ1n) is 6.59. The molecule has 1 aromatic rings. The molecule has 1 aliphatic rings. The number of hydrogen-bond donors (Lipinski definition) is 2. The van der Waals surface area contributed by atoms with Gasteiger partial charge in [-0.3, -0.25) is 10.1 Å². The summed E-state index contributed by atoms with van der Waals surface area (Å²) in [6.07, 6.45) is 7.50. The van der Waals surface area contributed by atoms with Crippen LogP contribution in [0.2, 0.25) is 0 Å². The van der Waals surface area contributed by atoms with Gasteiger partial charge in [0.2, 0.25) is 5.91 Å². The van der Waals surface area contributed by atoms with E-state index in [2.05, 4.69) is 27.9 Å². The van der Waals surface area contributed by atoms with Gasteiger partial charge in [0, 0.05) is 12.2 Å². The molecule has 1 saturated carbocycles. The lowest BCUT2D eigenvalue weighted by atomic mass is 9.86. The summed E-state index contributed by atoms with van der Waals surface area (Å²) in [5, 5.41) is 12.4. The minimum Gasteiger partial charge on any atom is -0.335 e. The molecule has 0 radical (unpaired) electrons. The van der Waals surface area contributed by atoms with Gasteiger partial charge in [-0.15, -0.1) is 5.10 Å². The van der Waals surface area contributed by atoms with E-state index in [9.17, 15) is 9.59 Å². The molecule has 1 fully saturated rings. The third kappa shape index (κ3) is 4.04. The highest BCUT2D eigenvalue weighted by Gasteiger charge is 2.23. The predicted molar refractivity (Wildman–Crippen MR) is 68.1 cm³/mol. The van der Waals surface area contributed by atoms with Crippen molar-refractivity contribution in [1.29, 1.82) is 0 Å². The Balaban J connectivity index is 1.75. The van der Waals surface area contributed by atoms with Gasteiger partial charge in [-0.05, 0) is 18.8 Å². The van der Waals surface area contributed by atoms with Gasteiger partial charge in [-0.2, -0.15) is 0 Å². The molecule has 7 nitrogen and oxygen atoms in total. The SMILES string of the molecule is C[C@@H]1CCCC[C@H]1NC(=O)NC(=O)Cn1ccnn1. The lowest BCUT2D eigenvalue weighted by Gasteiger charge is -2.29. The fraction of sp³-hybridized carbons (Fsp3) is 0.667. The van der Waals surface area contributed by atoms with E-state index in [1.807, 2.05) is 0 Å². The van der Waals surface area contributed by atoms with Crippen molar-refractivity contribution in [2.75, 3.05) is 0 Å². The van der Waals surface area contributed by atoms with Crippen LogP contribution in [0.5, 0.6) is 0 Å². The third-order valence-corrected chi connectivity index (χ3v) is 3.46. The van der Waals surface area contributed by atoms with Crippen molar-refractivity contribution in [3.05, 3.63) is 12.4 Å². The number of nitrogens with zero attached hydrogens (tertiary/aromatic N) is 3. The van der Waals surface area contributed by atoms with Gasteiger partial charge in [0.25, 0.3) is 0 Å². The molecule has 1 aliphatic carbocycles. The van der Waals surface area contributed by atoms with Crippen LogP contribution < -0.4 is 10.6 Å². The molecule has 104 valence electrons. The fourth-order valence-corrected chi connectivity index (χ4v) is 2.37. The van der Waals surface area contributed by atoms with Gasteiger partial charge in [-0.1, -0.05) is 25.0 Å². The van der Waals surface area contributed by atoms with Crippen LogP contribution in [0, 0.1) is 5.92 Å². The summed E-state index contributed by atoms with van der Waals surface area (Å²) in [7, 11) is 0. The van der Waals surface area contributed by atoms with Gasteiger partial charge in [0.1, 0.15) is 6.54 Å². The summed E-state index contributed by atoms with van der Waals surface area (Å²) in [5.74, 6) is 0.0661. The number of nitrogens with one attached hydrogen (secondary N) is 2. The second-order valence-corrected chi connectivity index (χ2v) is 4.99. The Morgan fingerprint density at radius 1 is 1.37 bits per heavy atom. The standard InChI is InChI=1S/C12H19N5O2/c1-9-4-2-3-5-10(9)14-12(19)15-11(18)8-17-7-6-13-16-17/h6-7,9-10H,2-5,8H2,1H3,(H2,14,15,18,19)/t9-,10-/m1/s1. The van der Waals surface area contributed by atoms with Crippen LogP contribution in [0.4, 0.5) is 4.79 Å². The van der Waals surface area contributed by atoms with Gasteiger partial charge in [0.05, 0.1) is 6.20 Å². The van der Waals surface area contributed by atoms with Gasteiger partial charge in [-0.25, -0.2) is 9.48 Å². The zero-order valence-electron chi connectivity index (χ0n) is 11.0. The monoisotopic (exact) mass is 265 g/mol. The first-order valence-corrected chi connectivity index (χ1v) is 6.59. The summed E-state index contributed by atoms with van der Waals surface area (Å²) < 4.78 is 1.37. The Morgan fingerprint density at radius 3 is 2.84 bits per heavy atom. The molecule has 1 aromatic heterocycles. The summed E-state index contributed by atoms with van der Waals surface area (Å²) in [4.78, 5) is 23.3. The first-order chi connectivity index (χ1) is 9.15. The lowest BCUT2D eigenvalue weighted by Crippen LogP contribution is -2.48. The highest BCUT2D eigenvalue weighted by molar-refractivity contribution is 5.94. The smallest absolute Gasteiger partial charge is 0.321 e. The minimum atomic E-state index is -0.427. The van der Waals surface area contributed by atoms with E-state index in [0.29, 0.717) is 5.92 Å². The molecule has 2 rings (SSSR count). The molecule has 3 amide bonds. The highest BCUT2D eigenvalue weighted by Crippen LogP contribution is 2.23. The third-order valence-electron chi connectivity index (χ3n) is 3.46. The lowest BCUT2D eigenvalue weighted by molar-refractivity contribution is -0.120. The maximum Gasteiger partial charge on any atom is 0.321 e. The van der Waals surface area contributed by atoms with Gasteiger partial charge in [0.15, 0.2) is 0 Å². The van der Waals surface area contributed by atoms with Crippen LogP contribution in [0.25, 0.3) is 0 Å². The topological polar surface area (TPSA) is 88.9 Å². The summed E-state index contributed by atoms with van der Waals surface area (Å²) in [6.45, 7) is 2.12. The molecule has 0 saturated heterocycles. The maximum atomic E-state index is 11.7. The largest absolute Gasteiger partial charge is 0.335 e. The molecular weight excluding hydrogens is 246 g/mol. The number of imide groups is 1. The first kappa shape index (κ1) is 13.5. The van der Waals surface area contributed by atoms with Crippen LogP contribution in [-0.4, -0.2) is 33.0 Å².